The van der Waals surface area contributed by atoms with E-state index in [0.29, 0.717) is 25.5 Å². The second kappa shape index (κ2) is 7.73. The fourth-order valence-corrected chi connectivity index (χ4v) is 1.45. The summed E-state index contributed by atoms with van der Waals surface area (Å²) in [4.78, 5) is 19.3. The van der Waals surface area contributed by atoms with E-state index in [9.17, 15) is 9.90 Å². The smallest absolute Gasteiger partial charge is 0.308 e. The Hall–Kier alpha value is -1.53. The number of carbonyl (C=O) groups is 1. The molecule has 2 N–H and O–H groups in total. The Morgan fingerprint density at radius 1 is 1.61 bits per heavy atom. The van der Waals surface area contributed by atoms with E-state index < -0.39 is 6.10 Å². The van der Waals surface area contributed by atoms with E-state index in [1.165, 1.54) is 0 Å². The number of aromatic nitrogens is 2. The van der Waals surface area contributed by atoms with Gasteiger partial charge in [0.2, 0.25) is 0 Å². The highest BCUT2D eigenvalue weighted by molar-refractivity contribution is 5.69. The molecule has 1 heterocycles. The molecule has 6 heteroatoms. The Balaban J connectivity index is 2.23. The Bertz CT molecular complexity index is 385. The Morgan fingerprint density at radius 2 is 2.39 bits per heavy atom. The Labute approximate surface area is 106 Å². The average molecular weight is 253 g/mol. The van der Waals surface area contributed by atoms with E-state index in [4.69, 9.17) is 4.74 Å². The standard InChI is InChI=1S/C12H19N3O3/c1-3-18-12(17)6-11(16)8-13-7-10-4-5-14-9(2)15-10/h4-5,11,13,16H,3,6-8H2,1-2H3. The molecule has 1 atom stereocenters. The topological polar surface area (TPSA) is 84.3 Å². The molecule has 0 saturated heterocycles. The van der Waals surface area contributed by atoms with Crippen molar-refractivity contribution < 1.29 is 14.6 Å². The van der Waals surface area contributed by atoms with Crippen LogP contribution in [0.25, 0.3) is 0 Å². The maximum atomic E-state index is 11.1. The minimum absolute atomic E-state index is 0.00361. The van der Waals surface area contributed by atoms with Crippen LogP contribution in [0.15, 0.2) is 12.3 Å². The van der Waals surface area contributed by atoms with Gasteiger partial charge in [-0.3, -0.25) is 4.79 Å². The molecule has 0 aliphatic rings. The second-order valence-corrected chi connectivity index (χ2v) is 3.89. The number of nitrogens with one attached hydrogen (secondary N) is 1. The molecule has 0 aromatic carbocycles. The summed E-state index contributed by atoms with van der Waals surface area (Å²) in [5.74, 6) is 0.325. The quantitative estimate of drug-likeness (QED) is 0.675. The number of rotatable bonds is 7. The van der Waals surface area contributed by atoms with Gasteiger partial charge in [0.05, 0.1) is 24.8 Å². The predicted octanol–water partition coefficient (Wildman–Crippen LogP) is 0.189. The van der Waals surface area contributed by atoms with Crippen LogP contribution < -0.4 is 5.32 Å². The molecular weight excluding hydrogens is 234 g/mol. The number of ether oxygens (including phenoxy) is 1. The zero-order valence-corrected chi connectivity index (χ0v) is 10.7. The fourth-order valence-electron chi connectivity index (χ4n) is 1.45. The van der Waals surface area contributed by atoms with Crippen LogP contribution in [0.5, 0.6) is 0 Å². The van der Waals surface area contributed by atoms with E-state index in [0.717, 1.165) is 5.69 Å². The summed E-state index contributed by atoms with van der Waals surface area (Å²) >= 11 is 0. The molecular formula is C12H19N3O3. The lowest BCUT2D eigenvalue weighted by molar-refractivity contribution is -0.145. The lowest BCUT2D eigenvalue weighted by Gasteiger charge is -2.10. The minimum Gasteiger partial charge on any atom is -0.466 e. The summed E-state index contributed by atoms with van der Waals surface area (Å²) in [7, 11) is 0. The maximum Gasteiger partial charge on any atom is 0.308 e. The van der Waals surface area contributed by atoms with Crippen molar-refractivity contribution in [2.24, 2.45) is 0 Å². The highest BCUT2D eigenvalue weighted by Crippen LogP contribution is 1.96. The zero-order valence-electron chi connectivity index (χ0n) is 10.7. The van der Waals surface area contributed by atoms with E-state index in [1.54, 1.807) is 19.2 Å². The van der Waals surface area contributed by atoms with Crippen LogP contribution in [0.1, 0.15) is 24.9 Å². The van der Waals surface area contributed by atoms with Gasteiger partial charge in [-0.15, -0.1) is 0 Å². The summed E-state index contributed by atoms with van der Waals surface area (Å²) < 4.78 is 4.75. The first kappa shape index (κ1) is 14.5. The van der Waals surface area contributed by atoms with Crippen molar-refractivity contribution in [2.45, 2.75) is 32.9 Å². The highest BCUT2D eigenvalue weighted by atomic mass is 16.5. The molecule has 18 heavy (non-hydrogen) atoms. The molecule has 0 spiro atoms. The summed E-state index contributed by atoms with van der Waals surface area (Å²) in [5.41, 5.74) is 0.853. The molecule has 6 nitrogen and oxygen atoms in total. The molecule has 0 saturated carbocycles. The van der Waals surface area contributed by atoms with Gasteiger partial charge < -0.3 is 15.2 Å². The van der Waals surface area contributed by atoms with Crippen molar-refractivity contribution >= 4 is 5.97 Å². The molecule has 0 aliphatic heterocycles. The summed E-state index contributed by atoms with van der Waals surface area (Å²) in [6.07, 6.45) is 0.949. The van der Waals surface area contributed by atoms with Gasteiger partial charge in [-0.2, -0.15) is 0 Å². The largest absolute Gasteiger partial charge is 0.466 e. The summed E-state index contributed by atoms with van der Waals surface area (Å²) in [6, 6.07) is 1.80. The van der Waals surface area contributed by atoms with Gasteiger partial charge in [0, 0.05) is 19.3 Å². The number of aryl methyl sites for hydroxylation is 1. The number of aliphatic hydroxyl groups excluding tert-OH is 1. The number of carbonyl (C=O) groups excluding carboxylic acids is 1. The van der Waals surface area contributed by atoms with Gasteiger partial charge in [0.1, 0.15) is 5.82 Å². The van der Waals surface area contributed by atoms with Gasteiger partial charge in [-0.05, 0) is 19.9 Å². The maximum absolute atomic E-state index is 11.1. The van der Waals surface area contributed by atoms with Gasteiger partial charge in [-0.1, -0.05) is 0 Å². The Kier molecular flexibility index (Phi) is 6.24. The van der Waals surface area contributed by atoms with Crippen molar-refractivity contribution in [3.05, 3.63) is 23.8 Å². The Morgan fingerprint density at radius 3 is 3.06 bits per heavy atom. The minimum atomic E-state index is -0.744. The molecule has 0 radical (unpaired) electrons. The van der Waals surface area contributed by atoms with Crippen LogP contribution in [0.3, 0.4) is 0 Å². The molecule has 100 valence electrons. The highest BCUT2D eigenvalue weighted by Gasteiger charge is 2.11. The van der Waals surface area contributed by atoms with Gasteiger partial charge in [0.15, 0.2) is 0 Å². The summed E-state index contributed by atoms with van der Waals surface area (Å²) in [6.45, 7) is 4.74. The van der Waals surface area contributed by atoms with Crippen molar-refractivity contribution in [3.63, 3.8) is 0 Å². The third-order valence-electron chi connectivity index (χ3n) is 2.23. The first-order valence-corrected chi connectivity index (χ1v) is 5.94. The van der Waals surface area contributed by atoms with E-state index in [1.807, 2.05) is 6.92 Å². The average Bonchev–Trinajstić information content (AvgIpc) is 2.29. The SMILES string of the molecule is CCOC(=O)CC(O)CNCc1ccnc(C)n1. The molecule has 1 aromatic rings. The molecule has 0 bridgehead atoms. The van der Waals surface area contributed by atoms with E-state index >= 15 is 0 Å². The number of hydrogen-bond donors (Lipinski definition) is 2. The van der Waals surface area contributed by atoms with Crippen LogP contribution >= 0.6 is 0 Å². The van der Waals surface area contributed by atoms with E-state index in [-0.39, 0.29) is 12.4 Å². The monoisotopic (exact) mass is 253 g/mol. The third kappa shape index (κ3) is 5.70. The third-order valence-corrected chi connectivity index (χ3v) is 2.23. The molecule has 1 rings (SSSR count). The molecule has 0 fully saturated rings. The van der Waals surface area contributed by atoms with Crippen LogP contribution in [-0.4, -0.2) is 40.3 Å². The molecule has 0 aliphatic carbocycles. The van der Waals surface area contributed by atoms with Gasteiger partial charge in [-0.25, -0.2) is 9.97 Å². The van der Waals surface area contributed by atoms with Crippen molar-refractivity contribution in [1.29, 1.82) is 0 Å². The molecule has 1 aromatic heterocycles. The van der Waals surface area contributed by atoms with Crippen molar-refractivity contribution in [3.8, 4) is 0 Å². The van der Waals surface area contributed by atoms with Crippen LogP contribution in [0, 0.1) is 6.92 Å². The summed E-state index contributed by atoms with van der Waals surface area (Å²) in [5, 5.41) is 12.6. The lowest BCUT2D eigenvalue weighted by atomic mass is 10.2. The first-order valence-electron chi connectivity index (χ1n) is 5.94. The number of esters is 1. The number of nitrogens with zero attached hydrogens (tertiary/aromatic N) is 2. The van der Waals surface area contributed by atoms with Crippen molar-refractivity contribution in [2.75, 3.05) is 13.2 Å². The predicted molar refractivity (Wildman–Crippen MR) is 65.7 cm³/mol. The van der Waals surface area contributed by atoms with E-state index in [2.05, 4.69) is 15.3 Å². The zero-order chi connectivity index (χ0) is 13.4. The second-order valence-electron chi connectivity index (χ2n) is 3.89. The fraction of sp³-hybridized carbons (Fsp3) is 0.583. The van der Waals surface area contributed by atoms with Gasteiger partial charge >= 0.3 is 5.97 Å². The number of aliphatic hydroxyl groups is 1. The van der Waals surface area contributed by atoms with Crippen LogP contribution in [0.4, 0.5) is 0 Å². The lowest BCUT2D eigenvalue weighted by Crippen LogP contribution is -2.29. The molecule has 0 amide bonds. The molecule has 1 unspecified atom stereocenters. The van der Waals surface area contributed by atoms with Crippen molar-refractivity contribution in [1.82, 2.24) is 15.3 Å². The van der Waals surface area contributed by atoms with Crippen LogP contribution in [-0.2, 0) is 16.1 Å². The first-order chi connectivity index (χ1) is 8.61. The van der Waals surface area contributed by atoms with Gasteiger partial charge in [0.25, 0.3) is 0 Å². The van der Waals surface area contributed by atoms with Crippen LogP contribution in [0.2, 0.25) is 0 Å². The number of hydrogen-bond acceptors (Lipinski definition) is 6. The normalized spacial score (nSPS) is 12.2.